The largest absolute Gasteiger partial charge is 0.467 e. The second-order valence-corrected chi connectivity index (χ2v) is 9.11. The summed E-state index contributed by atoms with van der Waals surface area (Å²) in [6, 6.07) is 14.7. The van der Waals surface area contributed by atoms with Gasteiger partial charge in [-0.15, -0.1) is 0 Å². The van der Waals surface area contributed by atoms with Crippen LogP contribution in [0.1, 0.15) is 28.6 Å². The fourth-order valence-electron chi connectivity index (χ4n) is 2.75. The third-order valence-electron chi connectivity index (χ3n) is 4.27. The first kappa shape index (κ1) is 22.2. The molecule has 9 heteroatoms. The van der Waals surface area contributed by atoms with Gasteiger partial charge < -0.3 is 13.5 Å². The van der Waals surface area contributed by atoms with Crippen LogP contribution >= 0.6 is 23.2 Å². The molecule has 0 N–H and O–H groups in total. The Morgan fingerprint density at radius 2 is 1.83 bits per heavy atom. The van der Waals surface area contributed by atoms with Gasteiger partial charge in [0.05, 0.1) is 35.7 Å². The summed E-state index contributed by atoms with van der Waals surface area (Å²) in [5.74, 6) is 0.129. The molecule has 1 amide bonds. The average Bonchev–Trinajstić information content (AvgIpc) is 3.22. The Morgan fingerprint density at radius 3 is 2.50 bits per heavy atom. The van der Waals surface area contributed by atoms with Crippen molar-refractivity contribution in [2.45, 2.75) is 20.0 Å². The average molecular weight is 468 g/mol. The summed E-state index contributed by atoms with van der Waals surface area (Å²) in [6.45, 7) is 1.65. The Bertz CT molecular complexity index is 1130. The van der Waals surface area contributed by atoms with Crippen molar-refractivity contribution in [3.05, 3.63) is 87.8 Å². The molecule has 0 spiro atoms. The molecule has 0 fully saturated rings. The van der Waals surface area contributed by atoms with Gasteiger partial charge in [-0.2, -0.15) is 8.42 Å². The molecular formula is C21H19Cl2NO5S. The molecule has 3 rings (SSSR count). The van der Waals surface area contributed by atoms with Crippen molar-refractivity contribution in [2.75, 3.05) is 5.75 Å². The van der Waals surface area contributed by atoms with Crippen LogP contribution in [0.3, 0.4) is 0 Å². The molecule has 0 aliphatic carbocycles. The Hall–Kier alpha value is -2.48. The molecule has 3 aromatic rings. The van der Waals surface area contributed by atoms with Crippen LogP contribution in [-0.2, 0) is 23.2 Å². The minimum Gasteiger partial charge on any atom is -0.467 e. The third kappa shape index (κ3) is 5.56. The second kappa shape index (κ2) is 9.55. The van der Waals surface area contributed by atoms with Crippen LogP contribution in [0.4, 0.5) is 0 Å². The fraction of sp³-hybridized carbons (Fsp3) is 0.190. The smallest absolute Gasteiger partial charge is 0.308 e. The molecule has 0 saturated heterocycles. The van der Waals surface area contributed by atoms with Gasteiger partial charge in [0.2, 0.25) is 0 Å². The van der Waals surface area contributed by atoms with Crippen LogP contribution in [0.25, 0.3) is 0 Å². The van der Waals surface area contributed by atoms with Gasteiger partial charge in [-0.25, -0.2) is 0 Å². The van der Waals surface area contributed by atoms with Gasteiger partial charge in [0.25, 0.3) is 5.91 Å². The van der Waals surface area contributed by atoms with E-state index >= 15 is 0 Å². The number of carbonyl (C=O) groups excluding carboxylic acids is 1. The van der Waals surface area contributed by atoms with Gasteiger partial charge in [-0.3, -0.25) is 4.79 Å². The van der Waals surface area contributed by atoms with Crippen LogP contribution in [0.2, 0.25) is 10.0 Å². The minimum absolute atomic E-state index is 0.0277. The molecule has 0 unspecified atom stereocenters. The van der Waals surface area contributed by atoms with Gasteiger partial charge in [0.15, 0.2) is 0 Å². The van der Waals surface area contributed by atoms with Crippen molar-refractivity contribution in [1.29, 1.82) is 0 Å². The summed E-state index contributed by atoms with van der Waals surface area (Å²) in [4.78, 5) is 14.7. The molecule has 1 heterocycles. The number of nitrogens with zero attached hydrogens (tertiary/aromatic N) is 1. The zero-order valence-corrected chi connectivity index (χ0v) is 18.4. The number of hydrogen-bond acceptors (Lipinski definition) is 5. The fourth-order valence-corrected chi connectivity index (χ4v) is 3.71. The number of furan rings is 1. The zero-order chi connectivity index (χ0) is 21.7. The van der Waals surface area contributed by atoms with Crippen LogP contribution in [0.5, 0.6) is 5.75 Å². The Balaban J connectivity index is 1.98. The molecule has 0 radical (unpaired) electrons. The van der Waals surface area contributed by atoms with Crippen molar-refractivity contribution in [3.63, 3.8) is 0 Å². The Labute approximate surface area is 185 Å². The highest BCUT2D eigenvalue weighted by Crippen LogP contribution is 2.28. The van der Waals surface area contributed by atoms with E-state index in [9.17, 15) is 13.2 Å². The first-order valence-electron chi connectivity index (χ1n) is 9.06. The Morgan fingerprint density at radius 1 is 1.07 bits per heavy atom. The first-order chi connectivity index (χ1) is 14.3. The minimum atomic E-state index is -3.76. The molecule has 6 nitrogen and oxygen atoms in total. The van der Waals surface area contributed by atoms with Crippen LogP contribution in [0, 0.1) is 0 Å². The highest BCUT2D eigenvalue weighted by Gasteiger charge is 2.23. The predicted molar refractivity (Wildman–Crippen MR) is 115 cm³/mol. The highest BCUT2D eigenvalue weighted by molar-refractivity contribution is 7.87. The Kier molecular flexibility index (Phi) is 7.07. The molecule has 158 valence electrons. The second-order valence-electron chi connectivity index (χ2n) is 6.40. The number of hydrogen-bond donors (Lipinski definition) is 0. The summed E-state index contributed by atoms with van der Waals surface area (Å²) in [5, 5.41) is 0.692. The standard InChI is InChI=1S/C21H19Cl2NO5S/c1-2-30(26,27)29-20-10-9-16(22)12-15(20)13-24(14-17-6-5-11-28-17)21(25)18-7-3-4-8-19(18)23/h3-12H,2,13-14H2,1H3. The van der Waals surface area contributed by atoms with Crippen LogP contribution < -0.4 is 4.18 Å². The van der Waals surface area contributed by atoms with E-state index in [-0.39, 0.29) is 30.5 Å². The van der Waals surface area contributed by atoms with E-state index in [1.165, 1.54) is 30.2 Å². The quantitative estimate of drug-likeness (QED) is 0.427. The molecule has 0 saturated carbocycles. The lowest BCUT2D eigenvalue weighted by atomic mass is 10.1. The maximum absolute atomic E-state index is 13.2. The number of rotatable bonds is 8. The molecule has 2 aromatic carbocycles. The molecule has 0 aliphatic rings. The molecule has 0 atom stereocenters. The van der Waals surface area contributed by atoms with Crippen molar-refractivity contribution >= 4 is 39.2 Å². The predicted octanol–water partition coefficient (Wildman–Crippen LogP) is 5.16. The topological polar surface area (TPSA) is 76.8 Å². The van der Waals surface area contributed by atoms with Gasteiger partial charge in [0.1, 0.15) is 11.5 Å². The molecular weight excluding hydrogens is 449 g/mol. The lowest BCUT2D eigenvalue weighted by molar-refractivity contribution is 0.0717. The number of carbonyl (C=O) groups is 1. The third-order valence-corrected chi connectivity index (χ3v) is 5.98. The van der Waals surface area contributed by atoms with Crippen molar-refractivity contribution < 1.29 is 21.8 Å². The molecule has 0 bridgehead atoms. The monoisotopic (exact) mass is 467 g/mol. The number of benzene rings is 2. The summed E-state index contributed by atoms with van der Waals surface area (Å²) in [6.07, 6.45) is 1.51. The first-order valence-corrected chi connectivity index (χ1v) is 11.4. The zero-order valence-electron chi connectivity index (χ0n) is 16.0. The van der Waals surface area contributed by atoms with Crippen molar-refractivity contribution in [1.82, 2.24) is 4.90 Å². The number of amides is 1. The number of halogens is 2. The lowest BCUT2D eigenvalue weighted by Crippen LogP contribution is -2.30. The summed E-state index contributed by atoms with van der Waals surface area (Å²) in [5.41, 5.74) is 0.753. The van der Waals surface area contributed by atoms with E-state index in [1.54, 1.807) is 42.5 Å². The van der Waals surface area contributed by atoms with Crippen molar-refractivity contribution in [3.8, 4) is 5.75 Å². The van der Waals surface area contributed by atoms with Gasteiger partial charge in [-0.05, 0) is 49.4 Å². The maximum atomic E-state index is 13.2. The van der Waals surface area contributed by atoms with E-state index in [0.717, 1.165) is 0 Å². The summed E-state index contributed by atoms with van der Waals surface area (Å²) in [7, 11) is -3.76. The summed E-state index contributed by atoms with van der Waals surface area (Å²) >= 11 is 12.3. The van der Waals surface area contributed by atoms with Crippen LogP contribution in [-0.4, -0.2) is 25.0 Å². The normalized spacial score (nSPS) is 11.3. The highest BCUT2D eigenvalue weighted by atomic mass is 35.5. The van der Waals surface area contributed by atoms with Gasteiger partial charge in [-0.1, -0.05) is 35.3 Å². The van der Waals surface area contributed by atoms with E-state index in [2.05, 4.69) is 0 Å². The molecule has 1 aromatic heterocycles. The van der Waals surface area contributed by atoms with E-state index in [0.29, 0.717) is 26.9 Å². The maximum Gasteiger partial charge on any atom is 0.308 e. The van der Waals surface area contributed by atoms with Gasteiger partial charge >= 0.3 is 10.1 Å². The van der Waals surface area contributed by atoms with E-state index in [4.69, 9.17) is 31.8 Å². The molecule has 30 heavy (non-hydrogen) atoms. The van der Waals surface area contributed by atoms with Crippen molar-refractivity contribution in [2.24, 2.45) is 0 Å². The lowest BCUT2D eigenvalue weighted by Gasteiger charge is -2.23. The SMILES string of the molecule is CCS(=O)(=O)Oc1ccc(Cl)cc1CN(Cc1ccco1)C(=O)c1ccccc1Cl. The summed E-state index contributed by atoms with van der Waals surface area (Å²) < 4.78 is 34.6. The van der Waals surface area contributed by atoms with Gasteiger partial charge in [0, 0.05) is 10.6 Å². The van der Waals surface area contributed by atoms with E-state index < -0.39 is 10.1 Å². The van der Waals surface area contributed by atoms with Crippen LogP contribution in [0.15, 0.2) is 65.3 Å². The molecule has 0 aliphatic heterocycles. The van der Waals surface area contributed by atoms with E-state index in [1.807, 2.05) is 0 Å².